The number of amides is 1. The summed E-state index contributed by atoms with van der Waals surface area (Å²) < 4.78 is 7.52. The largest absolute Gasteiger partial charge is 0.446 e. The SMILES string of the molecule is Cc1cc2ncc3cc(-c4ccccc4)c(-c4ccc(CN5CCC(OC(=O)NCc6ccccc6)CC5)cc4)nc3n2n1. The van der Waals surface area contributed by atoms with E-state index in [0.29, 0.717) is 6.54 Å². The number of piperidine rings is 1. The first-order chi connectivity index (χ1) is 21.6. The first kappa shape index (κ1) is 27.7. The number of alkyl carbamates (subject to hydrolysis) is 1. The molecule has 1 fully saturated rings. The van der Waals surface area contributed by atoms with Crippen LogP contribution in [-0.2, 0) is 17.8 Å². The lowest BCUT2D eigenvalue weighted by molar-refractivity contribution is 0.0485. The lowest BCUT2D eigenvalue weighted by atomic mass is 9.97. The molecule has 0 saturated carbocycles. The van der Waals surface area contributed by atoms with Gasteiger partial charge in [0.1, 0.15) is 6.10 Å². The highest BCUT2D eigenvalue weighted by Gasteiger charge is 2.22. The quantitative estimate of drug-likeness (QED) is 0.223. The Morgan fingerprint density at radius 3 is 2.36 bits per heavy atom. The molecule has 0 spiro atoms. The summed E-state index contributed by atoms with van der Waals surface area (Å²) in [5.74, 6) is 0. The van der Waals surface area contributed by atoms with E-state index in [1.165, 1.54) is 5.56 Å². The fraction of sp³-hybridized carbons (Fsp3) is 0.222. The van der Waals surface area contributed by atoms with E-state index in [-0.39, 0.29) is 12.2 Å². The molecular formula is C36H34N6O2. The Kier molecular flexibility index (Phi) is 7.73. The van der Waals surface area contributed by atoms with Crippen LogP contribution in [0.15, 0.2) is 103 Å². The lowest BCUT2D eigenvalue weighted by Gasteiger charge is -2.31. The maximum atomic E-state index is 12.3. The summed E-state index contributed by atoms with van der Waals surface area (Å²) in [7, 11) is 0. The molecule has 0 radical (unpaired) electrons. The number of ether oxygens (including phenoxy) is 1. The first-order valence-corrected chi connectivity index (χ1v) is 15.1. The van der Waals surface area contributed by atoms with Gasteiger partial charge >= 0.3 is 6.09 Å². The van der Waals surface area contributed by atoms with Crippen LogP contribution in [0.4, 0.5) is 4.79 Å². The van der Waals surface area contributed by atoms with E-state index in [4.69, 9.17) is 9.72 Å². The summed E-state index contributed by atoms with van der Waals surface area (Å²) in [6.45, 7) is 5.06. The van der Waals surface area contributed by atoms with Crippen LogP contribution in [-0.4, -0.2) is 49.8 Å². The molecule has 44 heavy (non-hydrogen) atoms. The number of hydrogen-bond donors (Lipinski definition) is 1. The first-order valence-electron chi connectivity index (χ1n) is 15.1. The van der Waals surface area contributed by atoms with Crippen molar-refractivity contribution in [3.63, 3.8) is 0 Å². The molecule has 1 aliphatic heterocycles. The predicted molar refractivity (Wildman–Crippen MR) is 172 cm³/mol. The van der Waals surface area contributed by atoms with Crippen LogP contribution in [0.1, 0.15) is 29.7 Å². The number of likely N-dealkylation sites (tertiary alicyclic amines) is 1. The van der Waals surface area contributed by atoms with Crippen LogP contribution in [0.25, 0.3) is 39.1 Å². The molecule has 3 aromatic heterocycles. The van der Waals surface area contributed by atoms with Crippen molar-refractivity contribution < 1.29 is 9.53 Å². The van der Waals surface area contributed by atoms with Crippen molar-refractivity contribution in [3.05, 3.63) is 120 Å². The Hall–Kier alpha value is -5.08. The van der Waals surface area contributed by atoms with E-state index >= 15 is 0 Å². The number of rotatable bonds is 7. The molecule has 1 saturated heterocycles. The van der Waals surface area contributed by atoms with Crippen LogP contribution >= 0.6 is 0 Å². The minimum Gasteiger partial charge on any atom is -0.446 e. The number of hydrogen-bond acceptors (Lipinski definition) is 6. The van der Waals surface area contributed by atoms with E-state index in [0.717, 1.165) is 82.8 Å². The average Bonchev–Trinajstić information content (AvgIpc) is 3.46. The number of nitrogens with one attached hydrogen (secondary N) is 1. The monoisotopic (exact) mass is 582 g/mol. The maximum Gasteiger partial charge on any atom is 0.407 e. The Bertz CT molecular complexity index is 1900. The van der Waals surface area contributed by atoms with Gasteiger partial charge in [-0.05, 0) is 42.5 Å². The van der Waals surface area contributed by atoms with Crippen molar-refractivity contribution in [1.82, 2.24) is 29.8 Å². The van der Waals surface area contributed by atoms with Gasteiger partial charge in [0.05, 0.1) is 11.4 Å². The lowest BCUT2D eigenvalue weighted by Crippen LogP contribution is -2.39. The predicted octanol–water partition coefficient (Wildman–Crippen LogP) is 6.81. The molecule has 8 nitrogen and oxygen atoms in total. The third-order valence-electron chi connectivity index (χ3n) is 8.19. The zero-order valence-electron chi connectivity index (χ0n) is 24.7. The van der Waals surface area contributed by atoms with E-state index < -0.39 is 0 Å². The van der Waals surface area contributed by atoms with Crippen LogP contribution < -0.4 is 5.32 Å². The highest BCUT2D eigenvalue weighted by Crippen LogP contribution is 2.33. The van der Waals surface area contributed by atoms with Crippen LogP contribution in [0.2, 0.25) is 0 Å². The number of aryl methyl sites for hydroxylation is 1. The molecule has 1 N–H and O–H groups in total. The van der Waals surface area contributed by atoms with Gasteiger partial charge in [-0.25, -0.2) is 14.8 Å². The molecule has 3 aromatic carbocycles. The van der Waals surface area contributed by atoms with Gasteiger partial charge in [0.25, 0.3) is 0 Å². The summed E-state index contributed by atoms with van der Waals surface area (Å²) in [6.07, 6.45) is 3.13. The number of benzene rings is 3. The van der Waals surface area contributed by atoms with Crippen molar-refractivity contribution in [2.45, 2.75) is 39.0 Å². The minimum atomic E-state index is -0.347. The topological polar surface area (TPSA) is 84.7 Å². The van der Waals surface area contributed by atoms with E-state index in [2.05, 4.69) is 74.9 Å². The van der Waals surface area contributed by atoms with Crippen molar-refractivity contribution in [2.24, 2.45) is 0 Å². The highest BCUT2D eigenvalue weighted by atomic mass is 16.6. The molecule has 1 aliphatic rings. The van der Waals surface area contributed by atoms with E-state index in [1.807, 2.05) is 60.1 Å². The van der Waals surface area contributed by atoms with E-state index in [9.17, 15) is 4.79 Å². The smallest absolute Gasteiger partial charge is 0.407 e. The van der Waals surface area contributed by atoms with Crippen LogP contribution in [0, 0.1) is 6.92 Å². The molecule has 6 aromatic rings. The Morgan fingerprint density at radius 1 is 0.886 bits per heavy atom. The van der Waals surface area contributed by atoms with Gasteiger partial charge in [-0.2, -0.15) is 9.61 Å². The van der Waals surface area contributed by atoms with Crippen molar-refractivity contribution in [2.75, 3.05) is 13.1 Å². The Labute approximate surface area is 256 Å². The van der Waals surface area contributed by atoms with Crippen LogP contribution in [0.3, 0.4) is 0 Å². The molecule has 8 heteroatoms. The number of nitrogens with zero attached hydrogens (tertiary/aromatic N) is 5. The second-order valence-corrected chi connectivity index (χ2v) is 11.4. The number of pyridine rings is 1. The van der Waals surface area contributed by atoms with Gasteiger partial charge in [0.2, 0.25) is 0 Å². The standard InChI is InChI=1S/C36H34N6O2/c1-25-20-33-37-23-30-21-32(28-10-6-3-7-11-28)34(39-35(30)42(33)40-25)29-14-12-27(13-15-29)24-41-18-16-31(17-19-41)44-36(43)38-22-26-8-4-2-5-9-26/h2-15,20-21,23,31H,16-19,22,24H2,1H3,(H,38,43). The highest BCUT2D eigenvalue weighted by molar-refractivity contribution is 5.90. The molecule has 1 amide bonds. The summed E-state index contributed by atoms with van der Waals surface area (Å²) in [6, 6.07) is 33.1. The summed E-state index contributed by atoms with van der Waals surface area (Å²) in [5.41, 5.74) is 8.93. The number of carbonyl (C=O) groups is 1. The second-order valence-electron chi connectivity index (χ2n) is 11.4. The second kappa shape index (κ2) is 12.3. The molecule has 4 heterocycles. The molecule has 0 aliphatic carbocycles. The Morgan fingerprint density at radius 2 is 1.61 bits per heavy atom. The molecule has 7 rings (SSSR count). The number of aromatic nitrogens is 4. The van der Waals surface area contributed by atoms with E-state index in [1.54, 1.807) is 0 Å². The zero-order valence-corrected chi connectivity index (χ0v) is 24.7. The molecule has 0 bridgehead atoms. The summed E-state index contributed by atoms with van der Waals surface area (Å²) >= 11 is 0. The van der Waals surface area contributed by atoms with Gasteiger partial charge in [-0.15, -0.1) is 0 Å². The minimum absolute atomic E-state index is 0.0555. The third-order valence-corrected chi connectivity index (χ3v) is 8.19. The Balaban J connectivity index is 1.04. The van der Waals surface area contributed by atoms with Gasteiger partial charge in [0, 0.05) is 55.0 Å². The maximum absolute atomic E-state index is 12.3. The molecular weight excluding hydrogens is 548 g/mol. The fourth-order valence-electron chi connectivity index (χ4n) is 5.89. The fourth-order valence-corrected chi connectivity index (χ4v) is 5.89. The van der Waals surface area contributed by atoms with Gasteiger partial charge < -0.3 is 10.1 Å². The summed E-state index contributed by atoms with van der Waals surface area (Å²) in [4.78, 5) is 24.5. The van der Waals surface area contributed by atoms with Crippen molar-refractivity contribution in [3.8, 4) is 22.4 Å². The number of carbonyl (C=O) groups excluding carboxylic acids is 1. The van der Waals surface area contributed by atoms with Crippen LogP contribution in [0.5, 0.6) is 0 Å². The van der Waals surface area contributed by atoms with Crippen molar-refractivity contribution >= 4 is 22.8 Å². The van der Waals surface area contributed by atoms with Gasteiger partial charge in [-0.1, -0.05) is 84.9 Å². The molecule has 0 atom stereocenters. The zero-order chi connectivity index (χ0) is 29.9. The normalized spacial score (nSPS) is 14.2. The third kappa shape index (κ3) is 6.02. The van der Waals surface area contributed by atoms with Gasteiger partial charge in [-0.3, -0.25) is 4.90 Å². The van der Waals surface area contributed by atoms with Gasteiger partial charge in [0.15, 0.2) is 11.3 Å². The average molecular weight is 583 g/mol. The van der Waals surface area contributed by atoms with Crippen molar-refractivity contribution in [1.29, 1.82) is 0 Å². The molecule has 220 valence electrons. The summed E-state index contributed by atoms with van der Waals surface area (Å²) in [5, 5.41) is 8.46. The molecule has 0 unspecified atom stereocenters. The number of fused-ring (bicyclic) bond motifs is 3.